The number of aromatic nitrogens is 2. The minimum absolute atomic E-state index is 0.326. The van der Waals surface area contributed by atoms with Crippen LogP contribution in [0.2, 0.25) is 0 Å². The largest absolute Gasteiger partial charge is 0.496 e. The molecule has 0 aliphatic carbocycles. The van der Waals surface area contributed by atoms with Crippen LogP contribution in [0, 0.1) is 5.82 Å². The predicted octanol–water partition coefficient (Wildman–Crippen LogP) is 4.14. The highest BCUT2D eigenvalue weighted by Gasteiger charge is 2.29. The molecule has 1 aromatic carbocycles. The average Bonchev–Trinajstić information content (AvgIpc) is 3.16. The molecule has 0 unspecified atom stereocenters. The van der Waals surface area contributed by atoms with E-state index in [4.69, 9.17) is 9.47 Å². The highest BCUT2D eigenvalue weighted by atomic mass is 32.1. The van der Waals surface area contributed by atoms with Gasteiger partial charge in [-0.05, 0) is 51.8 Å². The number of likely N-dealkylation sites (tertiary alicyclic amines) is 1. The van der Waals surface area contributed by atoms with Crippen LogP contribution in [0.15, 0.2) is 33.9 Å². The van der Waals surface area contributed by atoms with Gasteiger partial charge in [0.2, 0.25) is 0 Å². The summed E-state index contributed by atoms with van der Waals surface area (Å²) in [7, 11) is 1.45. The summed E-state index contributed by atoms with van der Waals surface area (Å²) < 4.78 is 25.5. The number of methoxy groups -OCH3 is 1. The molecule has 1 fully saturated rings. The number of carbonyl (C=O) groups excluding carboxylic acids is 1. The molecule has 1 amide bonds. The Labute approximate surface area is 193 Å². The molecule has 0 radical (unpaired) electrons. The summed E-state index contributed by atoms with van der Waals surface area (Å²) in [5, 5.41) is 0.385. The number of hydrogen-bond acceptors (Lipinski definition) is 6. The lowest BCUT2D eigenvalue weighted by molar-refractivity contribution is 0.0186. The Morgan fingerprint density at radius 1 is 1.18 bits per heavy atom. The molecule has 3 aromatic rings. The van der Waals surface area contributed by atoms with Gasteiger partial charge in [0.25, 0.3) is 5.56 Å². The molecule has 1 N–H and O–H groups in total. The fourth-order valence-corrected chi connectivity index (χ4v) is 5.06. The molecule has 3 heterocycles. The van der Waals surface area contributed by atoms with E-state index in [0.717, 1.165) is 0 Å². The van der Waals surface area contributed by atoms with Gasteiger partial charge in [0.1, 0.15) is 22.0 Å². The fraction of sp³-hybridized carbons (Fsp3) is 0.435. The molecule has 0 atom stereocenters. The maximum atomic E-state index is 13.6. The van der Waals surface area contributed by atoms with Crippen LogP contribution in [0.5, 0.6) is 5.75 Å². The van der Waals surface area contributed by atoms with Crippen molar-refractivity contribution >= 4 is 27.6 Å². The second kappa shape index (κ2) is 8.66. The van der Waals surface area contributed by atoms with Crippen LogP contribution < -0.4 is 16.0 Å². The number of H-pyrrole nitrogens is 1. The summed E-state index contributed by atoms with van der Waals surface area (Å²) in [6, 6.07) is 5.55. The van der Waals surface area contributed by atoms with Crippen LogP contribution in [-0.4, -0.2) is 46.3 Å². The first-order valence-corrected chi connectivity index (χ1v) is 11.5. The van der Waals surface area contributed by atoms with Gasteiger partial charge >= 0.3 is 11.8 Å². The van der Waals surface area contributed by atoms with Crippen LogP contribution in [-0.2, 0) is 4.74 Å². The van der Waals surface area contributed by atoms with Crippen LogP contribution >= 0.6 is 11.3 Å². The SMILES string of the molecule is COc1cc(F)ccc1-c1cc2c(=O)n(C3CCN(C(=O)OC(C)(C)C)CC3)c(=O)[nH]c2s1. The number of carbonyl (C=O) groups is 1. The van der Waals surface area contributed by atoms with Crippen molar-refractivity contribution in [2.24, 2.45) is 0 Å². The molecular formula is C23H26FN3O5S. The number of amides is 1. The zero-order chi connectivity index (χ0) is 23.9. The predicted molar refractivity (Wildman–Crippen MR) is 125 cm³/mol. The minimum Gasteiger partial charge on any atom is -0.496 e. The number of piperidine rings is 1. The summed E-state index contributed by atoms with van der Waals surface area (Å²) in [4.78, 5) is 43.9. The number of halogens is 1. The molecule has 0 bridgehead atoms. The van der Waals surface area contributed by atoms with Crippen molar-refractivity contribution in [3.63, 3.8) is 0 Å². The number of ether oxygens (including phenoxy) is 2. The van der Waals surface area contributed by atoms with Crippen molar-refractivity contribution < 1.29 is 18.7 Å². The first kappa shape index (κ1) is 23.0. The smallest absolute Gasteiger partial charge is 0.410 e. The first-order valence-electron chi connectivity index (χ1n) is 10.7. The van der Waals surface area contributed by atoms with Gasteiger partial charge in [0.15, 0.2) is 0 Å². The van der Waals surface area contributed by atoms with E-state index in [2.05, 4.69) is 4.98 Å². The number of rotatable bonds is 3. The number of thiophene rings is 1. The van der Waals surface area contributed by atoms with Gasteiger partial charge in [-0.25, -0.2) is 14.0 Å². The molecule has 1 aliphatic heterocycles. The summed E-state index contributed by atoms with van der Waals surface area (Å²) in [5.41, 5.74) is -0.815. The lowest BCUT2D eigenvalue weighted by atomic mass is 10.0. The van der Waals surface area contributed by atoms with Gasteiger partial charge in [-0.3, -0.25) is 14.3 Å². The van der Waals surface area contributed by atoms with Gasteiger partial charge in [-0.15, -0.1) is 11.3 Å². The van der Waals surface area contributed by atoms with E-state index in [9.17, 15) is 18.8 Å². The lowest BCUT2D eigenvalue weighted by Gasteiger charge is -2.33. The molecule has 2 aromatic heterocycles. The van der Waals surface area contributed by atoms with Gasteiger partial charge in [0, 0.05) is 35.6 Å². The summed E-state index contributed by atoms with van der Waals surface area (Å²) in [6.07, 6.45) is 0.543. The van der Waals surface area contributed by atoms with Gasteiger partial charge in [-0.1, -0.05) is 0 Å². The monoisotopic (exact) mass is 475 g/mol. The van der Waals surface area contributed by atoms with Crippen molar-refractivity contribution in [2.45, 2.75) is 45.3 Å². The standard InChI is InChI=1S/C23H26FN3O5S/c1-23(2,3)32-22(30)26-9-7-14(8-10-26)27-20(28)16-12-18(33-19(16)25-21(27)29)15-6-5-13(24)11-17(15)31-4/h5-6,11-12,14H,7-10H2,1-4H3,(H,25,29). The molecule has 8 nitrogen and oxygen atoms in total. The maximum absolute atomic E-state index is 13.6. The second-order valence-electron chi connectivity index (χ2n) is 9.00. The zero-order valence-corrected chi connectivity index (χ0v) is 19.8. The second-order valence-corrected chi connectivity index (χ2v) is 10.1. The Morgan fingerprint density at radius 3 is 2.52 bits per heavy atom. The van der Waals surface area contributed by atoms with Gasteiger partial charge < -0.3 is 14.4 Å². The molecular weight excluding hydrogens is 449 g/mol. The average molecular weight is 476 g/mol. The van der Waals surface area contributed by atoms with Gasteiger partial charge in [0.05, 0.1) is 12.5 Å². The number of nitrogens with one attached hydrogen (secondary N) is 1. The fourth-order valence-electron chi connectivity index (χ4n) is 3.99. The van der Waals surface area contributed by atoms with E-state index in [-0.39, 0.29) is 11.6 Å². The number of fused-ring (bicyclic) bond motifs is 1. The summed E-state index contributed by atoms with van der Waals surface area (Å²) >= 11 is 1.24. The van der Waals surface area contributed by atoms with Crippen LogP contribution in [0.4, 0.5) is 9.18 Å². The summed E-state index contributed by atoms with van der Waals surface area (Å²) in [5.74, 6) is -0.0797. The van der Waals surface area contributed by atoms with Crippen LogP contribution in [0.3, 0.4) is 0 Å². The van der Waals surface area contributed by atoms with Crippen molar-refractivity contribution in [3.8, 4) is 16.2 Å². The minimum atomic E-state index is -0.586. The topological polar surface area (TPSA) is 93.6 Å². The number of aromatic amines is 1. The molecule has 176 valence electrons. The Hall–Kier alpha value is -3.14. The van der Waals surface area contributed by atoms with E-state index >= 15 is 0 Å². The third-order valence-corrected chi connectivity index (χ3v) is 6.61. The van der Waals surface area contributed by atoms with E-state index in [1.165, 1.54) is 35.1 Å². The first-order chi connectivity index (χ1) is 15.6. The van der Waals surface area contributed by atoms with Gasteiger partial charge in [-0.2, -0.15) is 0 Å². The molecule has 1 aliphatic rings. The van der Waals surface area contributed by atoms with E-state index < -0.39 is 23.2 Å². The zero-order valence-electron chi connectivity index (χ0n) is 18.9. The summed E-state index contributed by atoms with van der Waals surface area (Å²) in [6.45, 7) is 6.21. The van der Waals surface area contributed by atoms with Crippen molar-refractivity contribution in [3.05, 3.63) is 50.9 Å². The Kier molecular flexibility index (Phi) is 6.04. The Bertz CT molecular complexity index is 1310. The molecule has 0 spiro atoms. The van der Waals surface area contributed by atoms with Crippen LogP contribution in [0.1, 0.15) is 39.7 Å². The van der Waals surface area contributed by atoms with E-state index in [1.54, 1.807) is 17.0 Å². The molecule has 0 saturated carbocycles. The molecule has 33 heavy (non-hydrogen) atoms. The van der Waals surface area contributed by atoms with Crippen molar-refractivity contribution in [1.29, 1.82) is 0 Å². The normalized spacial score (nSPS) is 15.1. The van der Waals surface area contributed by atoms with Crippen molar-refractivity contribution in [1.82, 2.24) is 14.5 Å². The maximum Gasteiger partial charge on any atom is 0.410 e. The third-order valence-electron chi connectivity index (χ3n) is 5.53. The number of hydrogen-bond donors (Lipinski definition) is 1. The highest BCUT2D eigenvalue weighted by Crippen LogP contribution is 2.37. The Balaban J connectivity index is 1.62. The van der Waals surface area contributed by atoms with E-state index in [1.807, 2.05) is 20.8 Å². The molecule has 1 saturated heterocycles. The number of nitrogens with zero attached hydrogens (tertiary/aromatic N) is 2. The quantitative estimate of drug-likeness (QED) is 0.615. The number of benzene rings is 1. The van der Waals surface area contributed by atoms with Crippen LogP contribution in [0.25, 0.3) is 20.7 Å². The third kappa shape index (κ3) is 4.66. The lowest BCUT2D eigenvalue weighted by Crippen LogP contribution is -2.46. The van der Waals surface area contributed by atoms with Crippen molar-refractivity contribution in [2.75, 3.05) is 20.2 Å². The Morgan fingerprint density at radius 2 is 1.88 bits per heavy atom. The van der Waals surface area contributed by atoms with E-state index in [0.29, 0.717) is 52.3 Å². The molecule has 4 rings (SSSR count). The highest BCUT2D eigenvalue weighted by molar-refractivity contribution is 7.21. The molecule has 10 heteroatoms.